The number of halogens is 2. The van der Waals surface area contributed by atoms with E-state index in [-0.39, 0.29) is 41.2 Å². The Morgan fingerprint density at radius 1 is 1.23 bits per heavy atom. The first-order valence-corrected chi connectivity index (χ1v) is 12.0. The van der Waals surface area contributed by atoms with Gasteiger partial charge in [-0.05, 0) is 32.0 Å². The molecule has 0 saturated carbocycles. The Balaban J connectivity index is 1.73. The van der Waals surface area contributed by atoms with Crippen molar-refractivity contribution in [3.63, 3.8) is 0 Å². The van der Waals surface area contributed by atoms with Crippen LogP contribution in [0, 0.1) is 0 Å². The molecule has 0 bridgehead atoms. The molecule has 1 atom stereocenters. The molecular formula is C19H24Cl2N4O5S. The van der Waals surface area contributed by atoms with Crippen LogP contribution in [0.2, 0.25) is 10.0 Å². The number of piperazine rings is 1. The van der Waals surface area contributed by atoms with Gasteiger partial charge in [-0.3, -0.25) is 4.90 Å². The summed E-state index contributed by atoms with van der Waals surface area (Å²) in [4.78, 5) is 26.2. The molecule has 1 fully saturated rings. The summed E-state index contributed by atoms with van der Waals surface area (Å²) in [7, 11) is -3.80. The predicted molar refractivity (Wildman–Crippen MR) is 116 cm³/mol. The highest BCUT2D eigenvalue weighted by Crippen LogP contribution is 2.28. The lowest BCUT2D eigenvalue weighted by Crippen LogP contribution is -2.54. The molecule has 0 spiro atoms. The number of ether oxygens (including phenoxy) is 1. The third kappa shape index (κ3) is 5.32. The lowest BCUT2D eigenvalue weighted by molar-refractivity contribution is -0.139. The molecule has 1 aromatic carbocycles. The molecule has 2 aliphatic heterocycles. The van der Waals surface area contributed by atoms with E-state index < -0.39 is 28.1 Å². The van der Waals surface area contributed by atoms with Gasteiger partial charge < -0.3 is 15.4 Å². The van der Waals surface area contributed by atoms with E-state index in [9.17, 15) is 18.0 Å². The SMILES string of the molecule is CCOC(=O)C1=C(CN2CCN(S(=O)(=O)c3cc(Cl)ccc3Cl)CC2)NC(=O)NC1C. The number of esters is 1. The van der Waals surface area contributed by atoms with Crippen molar-refractivity contribution >= 4 is 45.2 Å². The minimum Gasteiger partial charge on any atom is -0.463 e. The maximum absolute atomic E-state index is 13.0. The second-order valence-corrected chi connectivity index (χ2v) is 9.94. The quantitative estimate of drug-likeness (QED) is 0.588. The van der Waals surface area contributed by atoms with Gasteiger partial charge in [0.25, 0.3) is 0 Å². The number of hydrogen-bond acceptors (Lipinski definition) is 6. The molecule has 1 unspecified atom stereocenters. The Bertz CT molecular complexity index is 1010. The number of nitrogens with one attached hydrogen (secondary N) is 2. The van der Waals surface area contributed by atoms with E-state index in [1.165, 1.54) is 22.5 Å². The molecule has 0 aromatic heterocycles. The Hall–Kier alpha value is -1.85. The van der Waals surface area contributed by atoms with Crippen molar-refractivity contribution in [2.45, 2.75) is 24.8 Å². The maximum atomic E-state index is 13.0. The van der Waals surface area contributed by atoms with Crippen molar-refractivity contribution in [3.05, 3.63) is 39.5 Å². The van der Waals surface area contributed by atoms with Crippen LogP contribution in [-0.2, 0) is 19.6 Å². The third-order valence-corrected chi connectivity index (χ3v) is 7.70. The molecule has 2 aliphatic rings. The maximum Gasteiger partial charge on any atom is 0.337 e. The summed E-state index contributed by atoms with van der Waals surface area (Å²) in [6.07, 6.45) is 0. The van der Waals surface area contributed by atoms with Crippen molar-refractivity contribution in [1.29, 1.82) is 0 Å². The van der Waals surface area contributed by atoms with Crippen molar-refractivity contribution in [3.8, 4) is 0 Å². The van der Waals surface area contributed by atoms with Gasteiger partial charge in [0.05, 0.1) is 23.2 Å². The summed E-state index contributed by atoms with van der Waals surface area (Å²) in [5.41, 5.74) is 0.825. The molecule has 2 N–H and O–H groups in total. The lowest BCUT2D eigenvalue weighted by Gasteiger charge is -2.36. The molecule has 9 nitrogen and oxygen atoms in total. The average molecular weight is 491 g/mol. The number of hydrogen-bond donors (Lipinski definition) is 2. The van der Waals surface area contributed by atoms with E-state index in [2.05, 4.69) is 10.6 Å². The summed E-state index contributed by atoms with van der Waals surface area (Å²) >= 11 is 12.0. The summed E-state index contributed by atoms with van der Waals surface area (Å²) < 4.78 is 32.4. The molecule has 0 radical (unpaired) electrons. The zero-order chi connectivity index (χ0) is 22.8. The molecule has 0 aliphatic carbocycles. The Labute approximate surface area is 191 Å². The second kappa shape index (κ2) is 9.74. The van der Waals surface area contributed by atoms with E-state index in [1.54, 1.807) is 13.8 Å². The largest absolute Gasteiger partial charge is 0.463 e. The zero-order valence-corrected chi connectivity index (χ0v) is 19.5. The molecule has 1 saturated heterocycles. The van der Waals surface area contributed by atoms with Crippen LogP contribution in [0.3, 0.4) is 0 Å². The van der Waals surface area contributed by atoms with Gasteiger partial charge in [0.15, 0.2) is 0 Å². The van der Waals surface area contributed by atoms with Gasteiger partial charge in [-0.1, -0.05) is 23.2 Å². The van der Waals surface area contributed by atoms with Gasteiger partial charge >= 0.3 is 12.0 Å². The van der Waals surface area contributed by atoms with Gasteiger partial charge in [0, 0.05) is 43.4 Å². The minimum absolute atomic E-state index is 0.0261. The van der Waals surface area contributed by atoms with Gasteiger partial charge in [0.2, 0.25) is 10.0 Å². The van der Waals surface area contributed by atoms with Crippen molar-refractivity contribution in [2.24, 2.45) is 0 Å². The van der Waals surface area contributed by atoms with Crippen molar-refractivity contribution in [2.75, 3.05) is 39.3 Å². The normalized spacial score (nSPS) is 20.9. The number of amides is 2. The zero-order valence-electron chi connectivity index (χ0n) is 17.2. The highest BCUT2D eigenvalue weighted by atomic mass is 35.5. The smallest absolute Gasteiger partial charge is 0.337 e. The Morgan fingerprint density at radius 2 is 1.90 bits per heavy atom. The predicted octanol–water partition coefficient (Wildman–Crippen LogP) is 1.82. The fraction of sp³-hybridized carbons (Fsp3) is 0.474. The van der Waals surface area contributed by atoms with E-state index in [0.717, 1.165) is 0 Å². The van der Waals surface area contributed by atoms with Crippen molar-refractivity contribution < 1.29 is 22.7 Å². The molecule has 170 valence electrons. The van der Waals surface area contributed by atoms with Crippen molar-refractivity contribution in [1.82, 2.24) is 19.8 Å². The molecule has 2 amide bonds. The monoisotopic (exact) mass is 490 g/mol. The number of rotatable bonds is 6. The van der Waals surface area contributed by atoms with Gasteiger partial charge in [-0.15, -0.1) is 0 Å². The number of carbonyl (C=O) groups excluding carboxylic acids is 2. The first-order chi connectivity index (χ1) is 14.6. The highest BCUT2D eigenvalue weighted by molar-refractivity contribution is 7.89. The van der Waals surface area contributed by atoms with Crippen LogP contribution in [0.5, 0.6) is 0 Å². The van der Waals surface area contributed by atoms with Gasteiger partial charge in [-0.25, -0.2) is 18.0 Å². The highest BCUT2D eigenvalue weighted by Gasteiger charge is 2.33. The number of sulfonamides is 1. The van der Waals surface area contributed by atoms with E-state index in [0.29, 0.717) is 24.4 Å². The molecule has 2 heterocycles. The Morgan fingerprint density at radius 3 is 2.55 bits per heavy atom. The first kappa shape index (κ1) is 23.8. The molecular weight excluding hydrogens is 467 g/mol. The van der Waals surface area contributed by atoms with Crippen LogP contribution in [0.1, 0.15) is 13.8 Å². The fourth-order valence-corrected chi connectivity index (χ4v) is 5.73. The molecule has 1 aromatic rings. The van der Waals surface area contributed by atoms with E-state index in [1.807, 2.05) is 4.90 Å². The van der Waals surface area contributed by atoms with E-state index >= 15 is 0 Å². The van der Waals surface area contributed by atoms with Crippen LogP contribution in [0.25, 0.3) is 0 Å². The molecule has 31 heavy (non-hydrogen) atoms. The lowest BCUT2D eigenvalue weighted by atomic mass is 10.0. The van der Waals surface area contributed by atoms with E-state index in [4.69, 9.17) is 27.9 Å². The summed E-state index contributed by atoms with van der Waals surface area (Å²) in [6, 6.07) is 3.44. The Kier molecular flexibility index (Phi) is 7.48. The number of nitrogens with zero attached hydrogens (tertiary/aromatic N) is 2. The van der Waals surface area contributed by atoms with Crippen LogP contribution in [0.15, 0.2) is 34.4 Å². The summed E-state index contributed by atoms with van der Waals surface area (Å²) in [6.45, 7) is 5.22. The third-order valence-electron chi connectivity index (χ3n) is 5.09. The molecule has 3 rings (SSSR count). The number of urea groups is 1. The van der Waals surface area contributed by atoms with Crippen LogP contribution in [0.4, 0.5) is 4.79 Å². The minimum atomic E-state index is -3.80. The second-order valence-electron chi connectivity index (χ2n) is 7.19. The average Bonchev–Trinajstić information content (AvgIpc) is 2.70. The van der Waals surface area contributed by atoms with Gasteiger partial charge in [0.1, 0.15) is 4.90 Å². The van der Waals surface area contributed by atoms with Gasteiger partial charge in [-0.2, -0.15) is 4.31 Å². The van der Waals surface area contributed by atoms with Crippen LogP contribution < -0.4 is 10.6 Å². The number of carbonyl (C=O) groups is 2. The topological polar surface area (TPSA) is 108 Å². The van der Waals surface area contributed by atoms with Crippen LogP contribution >= 0.6 is 23.2 Å². The first-order valence-electron chi connectivity index (χ1n) is 9.78. The summed E-state index contributed by atoms with van der Waals surface area (Å²) in [5.74, 6) is -0.491. The number of benzene rings is 1. The molecule has 12 heteroatoms. The standard InChI is InChI=1S/C19H24Cl2N4O5S/c1-3-30-18(26)17-12(2)22-19(27)23-15(17)11-24-6-8-25(9-7-24)31(28,29)16-10-13(20)4-5-14(16)21/h4-5,10,12H,3,6-9,11H2,1-2H3,(H2,22,23,27). The fourth-order valence-electron chi connectivity index (χ4n) is 3.57. The summed E-state index contributed by atoms with van der Waals surface area (Å²) in [5, 5.41) is 5.74. The van der Waals surface area contributed by atoms with Crippen LogP contribution in [-0.4, -0.2) is 75.0 Å².